The lowest BCUT2D eigenvalue weighted by molar-refractivity contribution is -0.124. The summed E-state index contributed by atoms with van der Waals surface area (Å²) in [5.41, 5.74) is 5.98. The van der Waals surface area contributed by atoms with Crippen LogP contribution in [-0.2, 0) is 4.79 Å². The van der Waals surface area contributed by atoms with Crippen LogP contribution in [0.15, 0.2) is 18.5 Å². The van der Waals surface area contributed by atoms with Gasteiger partial charge in [0.25, 0.3) is 0 Å². The molecule has 1 aliphatic rings. The zero-order chi connectivity index (χ0) is 15.2. The summed E-state index contributed by atoms with van der Waals surface area (Å²) in [6, 6.07) is 1.49. The van der Waals surface area contributed by atoms with E-state index in [1.54, 1.807) is 18.5 Å². The molecule has 0 spiro atoms. The predicted octanol–water partition coefficient (Wildman–Crippen LogP) is 0.935. The standard InChI is InChI=1S/C15H25N5O/c1-3-11(2)13(16)14(21)19-12-6-4-9-20(10-12)15-17-7-5-8-18-15/h5,7-8,11-13H,3-4,6,9-10,16H2,1-2H3,(H,19,21). The molecule has 1 aliphatic heterocycles. The maximum absolute atomic E-state index is 12.2. The van der Waals surface area contributed by atoms with Crippen molar-refractivity contribution in [3.05, 3.63) is 18.5 Å². The van der Waals surface area contributed by atoms with Crippen LogP contribution in [0.3, 0.4) is 0 Å². The average molecular weight is 291 g/mol. The predicted molar refractivity (Wildman–Crippen MR) is 82.8 cm³/mol. The van der Waals surface area contributed by atoms with Crippen molar-refractivity contribution in [3.8, 4) is 0 Å². The van der Waals surface area contributed by atoms with Crippen LogP contribution < -0.4 is 16.0 Å². The molecule has 0 bridgehead atoms. The van der Waals surface area contributed by atoms with Gasteiger partial charge in [-0.05, 0) is 24.8 Å². The smallest absolute Gasteiger partial charge is 0.237 e. The Morgan fingerprint density at radius 2 is 2.24 bits per heavy atom. The Morgan fingerprint density at radius 1 is 1.52 bits per heavy atom. The maximum Gasteiger partial charge on any atom is 0.237 e. The second kappa shape index (κ2) is 7.36. The van der Waals surface area contributed by atoms with Crippen molar-refractivity contribution in [1.82, 2.24) is 15.3 Å². The molecule has 1 aromatic heterocycles. The average Bonchev–Trinajstić information content (AvgIpc) is 2.54. The van der Waals surface area contributed by atoms with Crippen molar-refractivity contribution in [2.45, 2.75) is 45.2 Å². The molecule has 3 atom stereocenters. The highest BCUT2D eigenvalue weighted by atomic mass is 16.2. The van der Waals surface area contributed by atoms with E-state index in [9.17, 15) is 4.79 Å². The molecule has 2 heterocycles. The molecule has 3 N–H and O–H groups in total. The highest BCUT2D eigenvalue weighted by Gasteiger charge is 2.26. The molecule has 6 heteroatoms. The second-order valence-electron chi connectivity index (χ2n) is 5.75. The first-order valence-electron chi connectivity index (χ1n) is 7.69. The fraction of sp³-hybridized carbons (Fsp3) is 0.667. The third-order valence-corrected chi connectivity index (χ3v) is 4.16. The number of amides is 1. The number of nitrogens with one attached hydrogen (secondary N) is 1. The molecule has 116 valence electrons. The first-order chi connectivity index (χ1) is 10.1. The summed E-state index contributed by atoms with van der Waals surface area (Å²) >= 11 is 0. The van der Waals surface area contributed by atoms with Crippen LogP contribution in [0.2, 0.25) is 0 Å². The van der Waals surface area contributed by atoms with Crippen molar-refractivity contribution >= 4 is 11.9 Å². The number of rotatable bonds is 5. The molecule has 1 aromatic rings. The summed E-state index contributed by atoms with van der Waals surface area (Å²) in [7, 11) is 0. The van der Waals surface area contributed by atoms with Crippen molar-refractivity contribution in [1.29, 1.82) is 0 Å². The Labute approximate surface area is 126 Å². The van der Waals surface area contributed by atoms with E-state index in [0.717, 1.165) is 38.3 Å². The number of hydrogen-bond acceptors (Lipinski definition) is 5. The van der Waals surface area contributed by atoms with E-state index < -0.39 is 6.04 Å². The van der Waals surface area contributed by atoms with Gasteiger partial charge in [0.1, 0.15) is 0 Å². The van der Waals surface area contributed by atoms with Crippen LogP contribution in [-0.4, -0.2) is 41.0 Å². The molecule has 1 fully saturated rings. The summed E-state index contributed by atoms with van der Waals surface area (Å²) in [6.45, 7) is 5.72. The minimum absolute atomic E-state index is 0.0508. The lowest BCUT2D eigenvalue weighted by Crippen LogP contribution is -2.53. The fourth-order valence-electron chi connectivity index (χ4n) is 2.54. The normalized spacial score (nSPS) is 21.7. The molecule has 0 radical (unpaired) electrons. The Kier molecular flexibility index (Phi) is 5.50. The van der Waals surface area contributed by atoms with Gasteiger partial charge < -0.3 is 16.0 Å². The lowest BCUT2D eigenvalue weighted by Gasteiger charge is -2.34. The highest BCUT2D eigenvalue weighted by Crippen LogP contribution is 2.15. The number of anilines is 1. The van der Waals surface area contributed by atoms with Gasteiger partial charge in [0.15, 0.2) is 0 Å². The molecule has 0 aliphatic carbocycles. The van der Waals surface area contributed by atoms with E-state index in [1.807, 2.05) is 13.8 Å². The summed E-state index contributed by atoms with van der Waals surface area (Å²) in [4.78, 5) is 22.8. The van der Waals surface area contributed by atoms with Crippen molar-refractivity contribution in [3.63, 3.8) is 0 Å². The fourth-order valence-corrected chi connectivity index (χ4v) is 2.54. The molecular weight excluding hydrogens is 266 g/mol. The van der Waals surface area contributed by atoms with Crippen molar-refractivity contribution in [2.75, 3.05) is 18.0 Å². The van der Waals surface area contributed by atoms with E-state index in [4.69, 9.17) is 5.73 Å². The summed E-state index contributed by atoms with van der Waals surface area (Å²) in [6.07, 6.45) is 6.38. The quantitative estimate of drug-likeness (QED) is 0.843. The Balaban J connectivity index is 1.91. The summed E-state index contributed by atoms with van der Waals surface area (Å²) in [5, 5.41) is 3.07. The van der Waals surface area contributed by atoms with E-state index in [0.29, 0.717) is 0 Å². The number of hydrogen-bond donors (Lipinski definition) is 2. The molecule has 1 amide bonds. The van der Waals surface area contributed by atoms with Gasteiger partial charge in [-0.1, -0.05) is 20.3 Å². The molecule has 21 heavy (non-hydrogen) atoms. The largest absolute Gasteiger partial charge is 0.350 e. The molecule has 1 saturated heterocycles. The molecule has 0 aromatic carbocycles. The SMILES string of the molecule is CCC(C)C(N)C(=O)NC1CCCN(c2ncccn2)C1. The third kappa shape index (κ3) is 4.14. The Bertz CT molecular complexity index is 453. The van der Waals surface area contributed by atoms with E-state index in [2.05, 4.69) is 20.2 Å². The Hall–Kier alpha value is -1.69. The highest BCUT2D eigenvalue weighted by molar-refractivity contribution is 5.82. The van der Waals surface area contributed by atoms with Gasteiger partial charge in [-0.3, -0.25) is 4.79 Å². The second-order valence-corrected chi connectivity index (χ2v) is 5.75. The summed E-state index contributed by atoms with van der Waals surface area (Å²) < 4.78 is 0. The van der Waals surface area contributed by atoms with Gasteiger partial charge in [-0.25, -0.2) is 9.97 Å². The molecule has 6 nitrogen and oxygen atoms in total. The van der Waals surface area contributed by atoms with Gasteiger partial charge in [0.05, 0.1) is 6.04 Å². The first-order valence-corrected chi connectivity index (χ1v) is 7.69. The molecule has 2 rings (SSSR count). The van der Waals surface area contributed by atoms with Crippen LogP contribution in [0.25, 0.3) is 0 Å². The zero-order valence-electron chi connectivity index (χ0n) is 12.8. The number of nitrogens with zero attached hydrogens (tertiary/aromatic N) is 3. The van der Waals surface area contributed by atoms with Gasteiger partial charge in [0, 0.05) is 31.5 Å². The number of nitrogens with two attached hydrogens (primary N) is 1. The number of aromatic nitrogens is 2. The van der Waals surface area contributed by atoms with Crippen LogP contribution in [0.1, 0.15) is 33.1 Å². The van der Waals surface area contributed by atoms with Gasteiger partial charge >= 0.3 is 0 Å². The van der Waals surface area contributed by atoms with Crippen LogP contribution in [0.4, 0.5) is 5.95 Å². The van der Waals surface area contributed by atoms with Crippen molar-refractivity contribution in [2.24, 2.45) is 11.7 Å². The number of carbonyl (C=O) groups excluding carboxylic acids is 1. The van der Waals surface area contributed by atoms with E-state index in [1.165, 1.54) is 0 Å². The van der Waals surface area contributed by atoms with Gasteiger partial charge in [0.2, 0.25) is 11.9 Å². The van der Waals surface area contributed by atoms with Crippen molar-refractivity contribution < 1.29 is 4.79 Å². The van der Waals surface area contributed by atoms with E-state index >= 15 is 0 Å². The minimum Gasteiger partial charge on any atom is -0.350 e. The monoisotopic (exact) mass is 291 g/mol. The lowest BCUT2D eigenvalue weighted by atomic mass is 9.98. The van der Waals surface area contributed by atoms with Crippen LogP contribution in [0, 0.1) is 5.92 Å². The minimum atomic E-state index is -0.432. The summed E-state index contributed by atoms with van der Waals surface area (Å²) in [5.74, 6) is 0.870. The van der Waals surface area contributed by atoms with Crippen LogP contribution >= 0.6 is 0 Å². The van der Waals surface area contributed by atoms with E-state index in [-0.39, 0.29) is 17.9 Å². The molecular formula is C15H25N5O. The van der Waals surface area contributed by atoms with Crippen LogP contribution in [0.5, 0.6) is 0 Å². The maximum atomic E-state index is 12.2. The van der Waals surface area contributed by atoms with Gasteiger partial charge in [-0.2, -0.15) is 0 Å². The topological polar surface area (TPSA) is 84.1 Å². The first kappa shape index (κ1) is 15.7. The van der Waals surface area contributed by atoms with Gasteiger partial charge in [-0.15, -0.1) is 0 Å². The molecule has 0 saturated carbocycles. The third-order valence-electron chi connectivity index (χ3n) is 4.16. The molecule has 3 unspecified atom stereocenters. The zero-order valence-corrected chi connectivity index (χ0v) is 12.8. The number of piperidine rings is 1. The Morgan fingerprint density at radius 3 is 2.90 bits per heavy atom. The number of carbonyl (C=O) groups is 1.